The largest absolute Gasteiger partial charge is 0.313 e. The second kappa shape index (κ2) is 5.96. The Balaban J connectivity index is 1.90. The summed E-state index contributed by atoms with van der Waals surface area (Å²) in [7, 11) is 2.03. The van der Waals surface area contributed by atoms with E-state index < -0.39 is 0 Å². The first-order valence-corrected chi connectivity index (χ1v) is 8.08. The number of hydrogen-bond acceptors (Lipinski definition) is 3. The molecule has 0 aliphatic carbocycles. The summed E-state index contributed by atoms with van der Waals surface area (Å²) in [5.74, 6) is 0. The van der Waals surface area contributed by atoms with Gasteiger partial charge in [0.05, 0.1) is 15.2 Å². The first-order chi connectivity index (χ1) is 10.2. The number of likely N-dealkylation sites (N-methyl/N-ethyl adjacent to an activating group) is 1. The summed E-state index contributed by atoms with van der Waals surface area (Å²) >= 11 is 1.79. The average Bonchev–Trinajstić information content (AvgIpc) is 2.87. The molecule has 3 rings (SSSR count). The minimum absolute atomic E-state index is 0.311. The smallest absolute Gasteiger partial charge is 0.0957 e. The van der Waals surface area contributed by atoms with Crippen LogP contribution in [0.4, 0.5) is 0 Å². The van der Waals surface area contributed by atoms with Crippen LogP contribution in [0.25, 0.3) is 10.2 Å². The zero-order chi connectivity index (χ0) is 14.8. The Morgan fingerprint density at radius 2 is 1.95 bits per heavy atom. The van der Waals surface area contributed by atoms with Crippen LogP contribution in [-0.2, 0) is 6.42 Å². The fourth-order valence-electron chi connectivity index (χ4n) is 2.77. The Morgan fingerprint density at radius 1 is 1.14 bits per heavy atom. The van der Waals surface area contributed by atoms with Crippen LogP contribution < -0.4 is 5.32 Å². The zero-order valence-electron chi connectivity index (χ0n) is 12.7. The topological polar surface area (TPSA) is 24.9 Å². The summed E-state index contributed by atoms with van der Waals surface area (Å²) in [6, 6.07) is 15.3. The molecule has 3 aromatic rings. The van der Waals surface area contributed by atoms with Crippen molar-refractivity contribution in [3.05, 3.63) is 64.2 Å². The van der Waals surface area contributed by atoms with E-state index >= 15 is 0 Å². The predicted molar refractivity (Wildman–Crippen MR) is 91.0 cm³/mol. The van der Waals surface area contributed by atoms with Gasteiger partial charge in [0.25, 0.3) is 0 Å². The number of para-hydroxylation sites is 1. The molecule has 1 aromatic heterocycles. The number of aryl methyl sites for hydroxylation is 2. The highest BCUT2D eigenvalue weighted by Crippen LogP contribution is 2.27. The lowest BCUT2D eigenvalue weighted by atomic mass is 9.97. The monoisotopic (exact) mass is 296 g/mol. The van der Waals surface area contributed by atoms with Gasteiger partial charge in [-0.2, -0.15) is 0 Å². The molecule has 0 saturated heterocycles. The molecular formula is C18H20N2S. The highest BCUT2D eigenvalue weighted by Gasteiger charge is 2.15. The zero-order valence-corrected chi connectivity index (χ0v) is 13.5. The molecule has 1 unspecified atom stereocenters. The van der Waals surface area contributed by atoms with Gasteiger partial charge in [0.1, 0.15) is 0 Å². The molecule has 1 heterocycles. The Morgan fingerprint density at radius 3 is 2.67 bits per heavy atom. The number of thiazole rings is 1. The van der Waals surface area contributed by atoms with Crippen molar-refractivity contribution in [1.82, 2.24) is 10.3 Å². The summed E-state index contributed by atoms with van der Waals surface area (Å²) < 4.78 is 1.27. The lowest BCUT2D eigenvalue weighted by molar-refractivity contribution is 0.588. The second-order valence-electron chi connectivity index (χ2n) is 5.48. The number of rotatable bonds is 4. The van der Waals surface area contributed by atoms with E-state index in [1.54, 1.807) is 11.3 Å². The third kappa shape index (κ3) is 2.99. The van der Waals surface area contributed by atoms with Gasteiger partial charge >= 0.3 is 0 Å². The number of nitrogens with one attached hydrogen (secondary N) is 1. The fraction of sp³-hybridized carbons (Fsp3) is 0.278. The number of hydrogen-bond donors (Lipinski definition) is 1. The minimum Gasteiger partial charge on any atom is -0.313 e. The summed E-state index contributed by atoms with van der Waals surface area (Å²) in [4.78, 5) is 4.75. The lowest BCUT2D eigenvalue weighted by Gasteiger charge is -2.18. The summed E-state index contributed by atoms with van der Waals surface area (Å²) in [5, 5.41) is 4.63. The van der Waals surface area contributed by atoms with Crippen molar-refractivity contribution in [2.24, 2.45) is 0 Å². The van der Waals surface area contributed by atoms with Gasteiger partial charge in [-0.3, -0.25) is 0 Å². The lowest BCUT2D eigenvalue weighted by Crippen LogP contribution is -2.19. The number of benzene rings is 2. The molecule has 0 aliphatic heterocycles. The van der Waals surface area contributed by atoms with E-state index in [2.05, 4.69) is 55.6 Å². The van der Waals surface area contributed by atoms with E-state index in [1.807, 2.05) is 13.1 Å². The van der Waals surface area contributed by atoms with Crippen molar-refractivity contribution < 1.29 is 0 Å². The van der Waals surface area contributed by atoms with Gasteiger partial charge in [0.15, 0.2) is 0 Å². The Bertz CT molecular complexity index is 728. The molecule has 0 fully saturated rings. The molecule has 0 bridgehead atoms. The first kappa shape index (κ1) is 14.2. The molecule has 1 atom stereocenters. The normalized spacial score (nSPS) is 12.7. The predicted octanol–water partition coefficient (Wildman–Crippen LogP) is 4.42. The highest BCUT2D eigenvalue weighted by atomic mass is 32.1. The maximum atomic E-state index is 4.75. The van der Waals surface area contributed by atoms with Gasteiger partial charge in [-0.25, -0.2) is 4.98 Å². The highest BCUT2D eigenvalue weighted by molar-refractivity contribution is 7.18. The van der Waals surface area contributed by atoms with E-state index in [4.69, 9.17) is 4.98 Å². The van der Waals surface area contributed by atoms with Gasteiger partial charge in [-0.1, -0.05) is 35.9 Å². The third-order valence-corrected chi connectivity index (χ3v) is 4.92. The fourth-order valence-corrected chi connectivity index (χ4v) is 3.78. The van der Waals surface area contributed by atoms with Crippen LogP contribution in [0.2, 0.25) is 0 Å². The molecule has 108 valence electrons. The van der Waals surface area contributed by atoms with Crippen LogP contribution in [0.1, 0.15) is 27.7 Å². The van der Waals surface area contributed by atoms with Gasteiger partial charge < -0.3 is 5.32 Å². The van der Waals surface area contributed by atoms with Crippen LogP contribution in [-0.4, -0.2) is 12.0 Å². The van der Waals surface area contributed by atoms with Crippen molar-refractivity contribution in [2.75, 3.05) is 7.05 Å². The quantitative estimate of drug-likeness (QED) is 0.771. The van der Waals surface area contributed by atoms with Crippen molar-refractivity contribution in [3.63, 3.8) is 0 Å². The van der Waals surface area contributed by atoms with E-state index in [9.17, 15) is 0 Å². The summed E-state index contributed by atoms with van der Waals surface area (Å²) in [6.07, 6.45) is 0.930. The molecule has 2 aromatic carbocycles. The van der Waals surface area contributed by atoms with E-state index in [-0.39, 0.29) is 0 Å². The Labute approximate surface area is 129 Å². The van der Waals surface area contributed by atoms with Crippen molar-refractivity contribution in [3.8, 4) is 0 Å². The van der Waals surface area contributed by atoms with Crippen LogP contribution in [0.3, 0.4) is 0 Å². The minimum atomic E-state index is 0.311. The molecular weight excluding hydrogens is 276 g/mol. The molecule has 0 radical (unpaired) electrons. The molecule has 0 aliphatic rings. The summed E-state index contributed by atoms with van der Waals surface area (Å²) in [6.45, 7) is 4.32. The molecule has 1 N–H and O–H groups in total. The van der Waals surface area contributed by atoms with E-state index in [0.717, 1.165) is 11.9 Å². The maximum absolute atomic E-state index is 4.75. The molecule has 0 saturated carbocycles. The van der Waals surface area contributed by atoms with Crippen molar-refractivity contribution in [1.29, 1.82) is 0 Å². The number of fused-ring (bicyclic) bond motifs is 1. The van der Waals surface area contributed by atoms with Gasteiger partial charge in [0.2, 0.25) is 0 Å². The van der Waals surface area contributed by atoms with Gasteiger partial charge in [-0.05, 0) is 44.2 Å². The third-order valence-electron chi connectivity index (χ3n) is 3.87. The van der Waals surface area contributed by atoms with E-state index in [0.29, 0.717) is 6.04 Å². The molecule has 0 amide bonds. The Hall–Kier alpha value is -1.71. The van der Waals surface area contributed by atoms with Crippen molar-refractivity contribution in [2.45, 2.75) is 26.3 Å². The number of nitrogens with zero attached hydrogens (tertiary/aromatic N) is 1. The first-order valence-electron chi connectivity index (χ1n) is 7.26. The van der Waals surface area contributed by atoms with Gasteiger partial charge in [0, 0.05) is 12.5 Å². The summed E-state index contributed by atoms with van der Waals surface area (Å²) in [5.41, 5.74) is 5.12. The van der Waals surface area contributed by atoms with Crippen molar-refractivity contribution >= 4 is 21.6 Å². The maximum Gasteiger partial charge on any atom is 0.0957 e. The van der Waals surface area contributed by atoms with Gasteiger partial charge in [-0.15, -0.1) is 11.3 Å². The standard InChI is InChI=1S/C18H20N2S/c1-12-8-9-14(13(2)10-12)16(19-3)11-18-20-15-6-4-5-7-17(15)21-18/h4-10,16,19H,11H2,1-3H3. The van der Waals surface area contributed by atoms with Crippen LogP contribution in [0, 0.1) is 13.8 Å². The molecule has 0 spiro atoms. The molecule has 2 nitrogen and oxygen atoms in total. The number of aromatic nitrogens is 1. The Kier molecular flexibility index (Phi) is 4.04. The average molecular weight is 296 g/mol. The van der Waals surface area contributed by atoms with Crippen LogP contribution in [0.5, 0.6) is 0 Å². The van der Waals surface area contributed by atoms with E-state index in [1.165, 1.54) is 26.4 Å². The van der Waals surface area contributed by atoms with Crippen LogP contribution >= 0.6 is 11.3 Å². The molecule has 21 heavy (non-hydrogen) atoms. The second-order valence-corrected chi connectivity index (χ2v) is 6.60. The molecule has 3 heteroatoms. The van der Waals surface area contributed by atoms with Crippen LogP contribution in [0.15, 0.2) is 42.5 Å². The SMILES string of the molecule is CNC(Cc1nc2ccccc2s1)c1ccc(C)cc1C.